The van der Waals surface area contributed by atoms with E-state index >= 15 is 0 Å². The zero-order valence-corrected chi connectivity index (χ0v) is 13.2. The van der Waals surface area contributed by atoms with Gasteiger partial charge < -0.3 is 10.1 Å². The van der Waals surface area contributed by atoms with Crippen LogP contribution in [0.1, 0.15) is 12.5 Å². The molecule has 1 atom stereocenters. The summed E-state index contributed by atoms with van der Waals surface area (Å²) in [6.07, 6.45) is 1.62. The number of hydrogen-bond acceptors (Lipinski definition) is 5. The number of nitrogens with zero attached hydrogens (tertiary/aromatic N) is 3. The Bertz CT molecular complexity index is 690. The Kier molecular flexibility index (Phi) is 4.86. The average Bonchev–Trinajstić information content (AvgIpc) is 2.63. The zero-order chi connectivity index (χ0) is 16.1. The highest BCUT2D eigenvalue weighted by Crippen LogP contribution is 2.28. The first-order chi connectivity index (χ1) is 11.3. The second-order valence-electron chi connectivity index (χ2n) is 5.51. The average molecular weight is 308 g/mol. The van der Waals surface area contributed by atoms with Crippen molar-refractivity contribution < 1.29 is 4.74 Å². The molecule has 1 aliphatic rings. The maximum Gasteiger partial charge on any atom is 0.149 e. The summed E-state index contributed by atoms with van der Waals surface area (Å²) in [7, 11) is 0. The Hall–Kier alpha value is -2.42. The summed E-state index contributed by atoms with van der Waals surface area (Å²) < 4.78 is 6.07. The first kappa shape index (κ1) is 15.5. The van der Waals surface area contributed by atoms with E-state index in [9.17, 15) is 5.26 Å². The summed E-state index contributed by atoms with van der Waals surface area (Å²) >= 11 is 0. The SMILES string of the molecule is CC(Oc1ccnc(-c2ccccc2)c1C#N)N1CCNCC1. The molecule has 0 amide bonds. The molecule has 1 saturated heterocycles. The molecule has 5 nitrogen and oxygen atoms in total. The second-order valence-corrected chi connectivity index (χ2v) is 5.51. The van der Waals surface area contributed by atoms with E-state index in [1.807, 2.05) is 37.3 Å². The Morgan fingerprint density at radius 2 is 1.96 bits per heavy atom. The highest BCUT2D eigenvalue weighted by molar-refractivity contribution is 5.69. The maximum atomic E-state index is 9.59. The summed E-state index contributed by atoms with van der Waals surface area (Å²) in [5.41, 5.74) is 2.07. The van der Waals surface area contributed by atoms with Crippen LogP contribution >= 0.6 is 0 Å². The quantitative estimate of drug-likeness (QED) is 0.938. The molecule has 1 aromatic heterocycles. The number of piperazine rings is 1. The smallest absolute Gasteiger partial charge is 0.149 e. The van der Waals surface area contributed by atoms with Gasteiger partial charge >= 0.3 is 0 Å². The molecule has 1 aliphatic heterocycles. The van der Waals surface area contributed by atoms with E-state index < -0.39 is 0 Å². The number of hydrogen-bond donors (Lipinski definition) is 1. The van der Waals surface area contributed by atoms with Crippen molar-refractivity contribution in [3.63, 3.8) is 0 Å². The molecule has 2 heterocycles. The summed E-state index contributed by atoms with van der Waals surface area (Å²) in [6.45, 7) is 5.84. The van der Waals surface area contributed by atoms with Gasteiger partial charge in [0.2, 0.25) is 0 Å². The minimum Gasteiger partial charge on any atom is -0.474 e. The fourth-order valence-corrected chi connectivity index (χ4v) is 2.77. The lowest BCUT2D eigenvalue weighted by atomic mass is 10.1. The highest BCUT2D eigenvalue weighted by atomic mass is 16.5. The van der Waals surface area contributed by atoms with Crippen molar-refractivity contribution in [2.24, 2.45) is 0 Å². The topological polar surface area (TPSA) is 61.2 Å². The van der Waals surface area contributed by atoms with Gasteiger partial charge in [0.05, 0.1) is 5.69 Å². The summed E-state index contributed by atoms with van der Waals surface area (Å²) in [4.78, 5) is 6.64. The van der Waals surface area contributed by atoms with Gasteiger partial charge in [-0.15, -0.1) is 0 Å². The molecular formula is C18H20N4O. The Morgan fingerprint density at radius 1 is 1.22 bits per heavy atom. The monoisotopic (exact) mass is 308 g/mol. The van der Waals surface area contributed by atoms with Crippen LogP contribution in [0.4, 0.5) is 0 Å². The standard InChI is InChI=1S/C18H20N4O/c1-14(22-11-9-20-10-12-22)23-17-7-8-21-18(16(17)13-19)15-5-3-2-4-6-15/h2-8,14,20H,9-12H2,1H3. The van der Waals surface area contributed by atoms with Crippen LogP contribution in [0.2, 0.25) is 0 Å². The molecule has 0 radical (unpaired) electrons. The largest absolute Gasteiger partial charge is 0.474 e. The first-order valence-corrected chi connectivity index (χ1v) is 7.85. The van der Waals surface area contributed by atoms with Crippen LogP contribution < -0.4 is 10.1 Å². The van der Waals surface area contributed by atoms with Crippen LogP contribution in [0.3, 0.4) is 0 Å². The molecule has 2 aromatic rings. The van der Waals surface area contributed by atoms with Crippen molar-refractivity contribution in [2.45, 2.75) is 13.2 Å². The van der Waals surface area contributed by atoms with E-state index in [1.165, 1.54) is 0 Å². The number of nitriles is 1. The molecule has 118 valence electrons. The summed E-state index contributed by atoms with van der Waals surface area (Å²) in [5, 5.41) is 12.9. The number of pyridine rings is 1. The fourth-order valence-electron chi connectivity index (χ4n) is 2.77. The van der Waals surface area contributed by atoms with Crippen molar-refractivity contribution >= 4 is 0 Å². The molecule has 23 heavy (non-hydrogen) atoms. The van der Waals surface area contributed by atoms with Crippen LogP contribution in [-0.4, -0.2) is 42.3 Å². The predicted molar refractivity (Wildman–Crippen MR) is 88.9 cm³/mol. The maximum absolute atomic E-state index is 9.59. The van der Waals surface area contributed by atoms with Crippen molar-refractivity contribution in [2.75, 3.05) is 26.2 Å². The highest BCUT2D eigenvalue weighted by Gasteiger charge is 2.20. The number of ether oxygens (including phenoxy) is 1. The van der Waals surface area contributed by atoms with Gasteiger partial charge in [0, 0.05) is 37.9 Å². The summed E-state index contributed by atoms with van der Waals surface area (Å²) in [6, 6.07) is 13.7. The van der Waals surface area contributed by atoms with Crippen LogP contribution in [0.15, 0.2) is 42.6 Å². The molecule has 1 unspecified atom stereocenters. The van der Waals surface area contributed by atoms with E-state index in [-0.39, 0.29) is 6.23 Å². The number of aromatic nitrogens is 1. The van der Waals surface area contributed by atoms with E-state index in [0.29, 0.717) is 17.0 Å². The van der Waals surface area contributed by atoms with Crippen LogP contribution in [0.5, 0.6) is 5.75 Å². The fraction of sp³-hybridized carbons (Fsp3) is 0.333. The van der Waals surface area contributed by atoms with Crippen molar-refractivity contribution in [1.82, 2.24) is 15.2 Å². The van der Waals surface area contributed by atoms with E-state index in [2.05, 4.69) is 21.3 Å². The molecule has 0 saturated carbocycles. The lowest BCUT2D eigenvalue weighted by Gasteiger charge is -2.32. The molecule has 5 heteroatoms. The third-order valence-electron chi connectivity index (χ3n) is 4.04. The molecule has 0 aliphatic carbocycles. The Labute approximate surface area is 136 Å². The molecule has 0 bridgehead atoms. The van der Waals surface area contributed by atoms with Crippen LogP contribution in [-0.2, 0) is 0 Å². The number of rotatable bonds is 4. The minimum atomic E-state index is -0.0739. The molecular weight excluding hydrogens is 288 g/mol. The molecule has 3 rings (SSSR count). The van der Waals surface area contributed by atoms with Gasteiger partial charge in [-0.25, -0.2) is 0 Å². The second kappa shape index (κ2) is 7.23. The van der Waals surface area contributed by atoms with Gasteiger partial charge in [0.15, 0.2) is 0 Å². The molecule has 0 spiro atoms. The normalized spacial score (nSPS) is 16.5. The molecule has 1 aromatic carbocycles. The van der Waals surface area contributed by atoms with Crippen LogP contribution in [0.25, 0.3) is 11.3 Å². The van der Waals surface area contributed by atoms with E-state index in [0.717, 1.165) is 31.7 Å². The Morgan fingerprint density at radius 3 is 2.65 bits per heavy atom. The van der Waals surface area contributed by atoms with Crippen molar-refractivity contribution in [3.05, 3.63) is 48.2 Å². The first-order valence-electron chi connectivity index (χ1n) is 7.85. The molecule has 1 N–H and O–H groups in total. The van der Waals surface area contributed by atoms with Gasteiger partial charge in [0.1, 0.15) is 23.6 Å². The van der Waals surface area contributed by atoms with Crippen LogP contribution in [0, 0.1) is 11.3 Å². The summed E-state index contributed by atoms with van der Waals surface area (Å²) in [5.74, 6) is 0.590. The predicted octanol–water partition coefficient (Wildman–Crippen LogP) is 2.25. The third kappa shape index (κ3) is 3.50. The zero-order valence-electron chi connectivity index (χ0n) is 13.2. The van der Waals surface area contributed by atoms with E-state index in [4.69, 9.17) is 4.74 Å². The van der Waals surface area contributed by atoms with Gasteiger partial charge in [0.25, 0.3) is 0 Å². The van der Waals surface area contributed by atoms with E-state index in [1.54, 1.807) is 12.3 Å². The molecule has 1 fully saturated rings. The van der Waals surface area contributed by atoms with Crippen molar-refractivity contribution in [3.8, 4) is 23.1 Å². The number of nitrogens with one attached hydrogen (secondary N) is 1. The third-order valence-corrected chi connectivity index (χ3v) is 4.04. The lowest BCUT2D eigenvalue weighted by Crippen LogP contribution is -2.49. The van der Waals surface area contributed by atoms with Gasteiger partial charge in [-0.2, -0.15) is 5.26 Å². The van der Waals surface area contributed by atoms with Gasteiger partial charge in [-0.3, -0.25) is 9.88 Å². The van der Waals surface area contributed by atoms with Gasteiger partial charge in [-0.1, -0.05) is 30.3 Å². The van der Waals surface area contributed by atoms with Gasteiger partial charge in [-0.05, 0) is 13.0 Å². The minimum absolute atomic E-state index is 0.0739. The van der Waals surface area contributed by atoms with Crippen molar-refractivity contribution in [1.29, 1.82) is 5.26 Å². The number of benzene rings is 1. The lowest BCUT2D eigenvalue weighted by molar-refractivity contribution is 0.0309. The Balaban J connectivity index is 1.86.